The van der Waals surface area contributed by atoms with Crippen LogP contribution >= 0.6 is 0 Å². The molecule has 3 rings (SSSR count). The van der Waals surface area contributed by atoms with Crippen molar-refractivity contribution >= 4 is 17.3 Å². The number of likely N-dealkylation sites (N-methyl/N-ethyl adjacent to an activating group) is 1. The Hall–Kier alpha value is -2.33. The summed E-state index contributed by atoms with van der Waals surface area (Å²) in [6, 6.07) is 16.7. The van der Waals surface area contributed by atoms with E-state index in [4.69, 9.17) is 4.99 Å². The summed E-state index contributed by atoms with van der Waals surface area (Å²) in [4.78, 5) is 9.64. The number of nitrogens with one attached hydrogen (secondary N) is 1. The summed E-state index contributed by atoms with van der Waals surface area (Å²) < 4.78 is 0. The van der Waals surface area contributed by atoms with Gasteiger partial charge >= 0.3 is 0 Å². The number of guanidine groups is 1. The first-order valence-corrected chi connectivity index (χ1v) is 8.53. The second-order valence-corrected chi connectivity index (χ2v) is 6.51. The van der Waals surface area contributed by atoms with E-state index in [1.807, 2.05) is 6.07 Å². The SMILES string of the molecule is Cc1cccc(NC(=Nc2ccccc2C)N2CCN(C)CC2)c1. The number of aliphatic imine (C=N–C) groups is 1. The molecule has 1 saturated heterocycles. The van der Waals surface area contributed by atoms with Crippen molar-refractivity contribution in [2.45, 2.75) is 13.8 Å². The Balaban J connectivity index is 1.90. The van der Waals surface area contributed by atoms with Gasteiger partial charge in [0.15, 0.2) is 0 Å². The van der Waals surface area contributed by atoms with Crippen LogP contribution in [0.5, 0.6) is 0 Å². The molecule has 2 aromatic carbocycles. The second kappa shape index (κ2) is 7.49. The fourth-order valence-electron chi connectivity index (χ4n) is 2.85. The smallest absolute Gasteiger partial charge is 0.203 e. The summed E-state index contributed by atoms with van der Waals surface area (Å²) in [5.74, 6) is 0.933. The van der Waals surface area contributed by atoms with Crippen LogP contribution in [-0.4, -0.2) is 49.0 Å². The first-order valence-electron chi connectivity index (χ1n) is 8.53. The molecule has 1 fully saturated rings. The molecule has 0 unspecified atom stereocenters. The van der Waals surface area contributed by atoms with Gasteiger partial charge in [0.25, 0.3) is 0 Å². The van der Waals surface area contributed by atoms with Gasteiger partial charge in [-0.15, -0.1) is 0 Å². The summed E-state index contributed by atoms with van der Waals surface area (Å²) in [5.41, 5.74) is 4.54. The number of piperazine rings is 1. The Morgan fingerprint density at radius 1 is 0.958 bits per heavy atom. The van der Waals surface area contributed by atoms with E-state index in [0.29, 0.717) is 0 Å². The zero-order valence-corrected chi connectivity index (χ0v) is 14.8. The van der Waals surface area contributed by atoms with E-state index in [-0.39, 0.29) is 0 Å². The highest BCUT2D eigenvalue weighted by molar-refractivity contribution is 5.95. The maximum atomic E-state index is 4.94. The van der Waals surface area contributed by atoms with Crippen molar-refractivity contribution in [3.8, 4) is 0 Å². The summed E-state index contributed by atoms with van der Waals surface area (Å²) in [6.07, 6.45) is 0. The van der Waals surface area contributed by atoms with Gasteiger partial charge < -0.3 is 15.1 Å². The molecule has 0 bridgehead atoms. The van der Waals surface area contributed by atoms with Crippen molar-refractivity contribution in [3.05, 3.63) is 59.7 Å². The third-order valence-electron chi connectivity index (χ3n) is 4.42. The van der Waals surface area contributed by atoms with E-state index in [1.54, 1.807) is 0 Å². The van der Waals surface area contributed by atoms with Gasteiger partial charge in [0.2, 0.25) is 5.96 Å². The molecule has 2 aromatic rings. The largest absolute Gasteiger partial charge is 0.340 e. The van der Waals surface area contributed by atoms with Gasteiger partial charge in [-0.2, -0.15) is 0 Å². The van der Waals surface area contributed by atoms with Gasteiger partial charge in [0.05, 0.1) is 5.69 Å². The fraction of sp³-hybridized carbons (Fsp3) is 0.350. The highest BCUT2D eigenvalue weighted by Crippen LogP contribution is 2.19. The van der Waals surface area contributed by atoms with Crippen molar-refractivity contribution in [1.29, 1.82) is 0 Å². The number of para-hydroxylation sites is 1. The lowest BCUT2D eigenvalue weighted by atomic mass is 10.2. The number of nitrogens with zero attached hydrogens (tertiary/aromatic N) is 3. The van der Waals surface area contributed by atoms with E-state index in [9.17, 15) is 0 Å². The summed E-state index contributed by atoms with van der Waals surface area (Å²) in [6.45, 7) is 8.30. The predicted molar refractivity (Wildman–Crippen MR) is 102 cm³/mol. The monoisotopic (exact) mass is 322 g/mol. The molecule has 1 aliphatic heterocycles. The first-order chi connectivity index (χ1) is 11.6. The maximum Gasteiger partial charge on any atom is 0.203 e. The van der Waals surface area contributed by atoms with E-state index < -0.39 is 0 Å². The Kier molecular flexibility index (Phi) is 5.16. The minimum Gasteiger partial charge on any atom is -0.340 e. The van der Waals surface area contributed by atoms with Gasteiger partial charge in [-0.25, -0.2) is 4.99 Å². The van der Waals surface area contributed by atoms with Crippen LogP contribution in [0.2, 0.25) is 0 Å². The van der Waals surface area contributed by atoms with Crippen LogP contribution in [0, 0.1) is 13.8 Å². The molecule has 0 saturated carbocycles. The number of aryl methyl sites for hydroxylation is 2. The van der Waals surface area contributed by atoms with Crippen LogP contribution in [0.1, 0.15) is 11.1 Å². The maximum absolute atomic E-state index is 4.94. The topological polar surface area (TPSA) is 30.9 Å². The summed E-state index contributed by atoms with van der Waals surface area (Å²) in [7, 11) is 2.17. The zero-order valence-electron chi connectivity index (χ0n) is 14.8. The van der Waals surface area contributed by atoms with E-state index in [1.165, 1.54) is 11.1 Å². The minimum absolute atomic E-state index is 0.933. The molecule has 24 heavy (non-hydrogen) atoms. The highest BCUT2D eigenvalue weighted by Gasteiger charge is 2.18. The predicted octanol–water partition coefficient (Wildman–Crippen LogP) is 3.65. The average Bonchev–Trinajstić information content (AvgIpc) is 2.57. The van der Waals surface area contributed by atoms with Crippen LogP contribution in [-0.2, 0) is 0 Å². The Bertz CT molecular complexity index is 715. The molecule has 1 aliphatic rings. The standard InChI is InChI=1S/C20H26N4/c1-16-7-6-9-18(15-16)21-20(24-13-11-23(3)12-14-24)22-19-10-5-4-8-17(19)2/h4-10,15H,11-14H2,1-3H3,(H,21,22). The van der Waals surface area contributed by atoms with Gasteiger partial charge in [0, 0.05) is 31.9 Å². The summed E-state index contributed by atoms with van der Waals surface area (Å²) in [5, 5.41) is 3.54. The van der Waals surface area contributed by atoms with E-state index >= 15 is 0 Å². The Labute approximate surface area is 144 Å². The normalized spacial score (nSPS) is 16.3. The van der Waals surface area contributed by atoms with Crippen molar-refractivity contribution < 1.29 is 0 Å². The van der Waals surface area contributed by atoms with Crippen LogP contribution < -0.4 is 5.32 Å². The van der Waals surface area contributed by atoms with Crippen molar-refractivity contribution in [2.24, 2.45) is 4.99 Å². The van der Waals surface area contributed by atoms with Crippen molar-refractivity contribution in [2.75, 3.05) is 38.5 Å². The molecule has 0 aliphatic carbocycles. The van der Waals surface area contributed by atoms with Crippen LogP contribution in [0.3, 0.4) is 0 Å². The van der Waals surface area contributed by atoms with Crippen LogP contribution in [0.15, 0.2) is 53.5 Å². The molecule has 1 heterocycles. The summed E-state index contributed by atoms with van der Waals surface area (Å²) >= 11 is 0. The Morgan fingerprint density at radius 2 is 1.71 bits per heavy atom. The molecular formula is C20H26N4. The number of hydrogen-bond donors (Lipinski definition) is 1. The number of anilines is 1. The van der Waals surface area contributed by atoms with Gasteiger partial charge in [-0.3, -0.25) is 0 Å². The van der Waals surface area contributed by atoms with Gasteiger partial charge in [-0.05, 0) is 50.2 Å². The molecule has 0 amide bonds. The number of rotatable bonds is 2. The third-order valence-corrected chi connectivity index (χ3v) is 4.42. The minimum atomic E-state index is 0.933. The van der Waals surface area contributed by atoms with E-state index in [2.05, 4.69) is 78.5 Å². The highest BCUT2D eigenvalue weighted by atomic mass is 15.3. The van der Waals surface area contributed by atoms with Gasteiger partial charge in [0.1, 0.15) is 0 Å². The second-order valence-electron chi connectivity index (χ2n) is 6.51. The van der Waals surface area contributed by atoms with E-state index in [0.717, 1.165) is 43.5 Å². The number of benzene rings is 2. The molecule has 4 nitrogen and oxygen atoms in total. The first kappa shape index (κ1) is 16.5. The molecule has 0 aromatic heterocycles. The van der Waals surface area contributed by atoms with Crippen molar-refractivity contribution in [3.63, 3.8) is 0 Å². The molecule has 0 atom stereocenters. The lowest BCUT2D eigenvalue weighted by molar-refractivity contribution is 0.215. The molecule has 0 spiro atoms. The third kappa shape index (κ3) is 4.15. The van der Waals surface area contributed by atoms with Crippen LogP contribution in [0.25, 0.3) is 0 Å². The Morgan fingerprint density at radius 3 is 2.42 bits per heavy atom. The quantitative estimate of drug-likeness (QED) is 0.676. The van der Waals surface area contributed by atoms with Gasteiger partial charge in [-0.1, -0.05) is 30.3 Å². The molecule has 126 valence electrons. The lowest BCUT2D eigenvalue weighted by Crippen LogP contribution is -2.49. The average molecular weight is 322 g/mol. The van der Waals surface area contributed by atoms with Crippen molar-refractivity contribution in [1.82, 2.24) is 9.80 Å². The van der Waals surface area contributed by atoms with Crippen LogP contribution in [0.4, 0.5) is 11.4 Å². The molecule has 1 N–H and O–H groups in total. The fourth-order valence-corrected chi connectivity index (χ4v) is 2.85. The zero-order chi connectivity index (χ0) is 16.9. The lowest BCUT2D eigenvalue weighted by Gasteiger charge is -2.34. The molecular weight excluding hydrogens is 296 g/mol. The molecule has 4 heteroatoms. The number of hydrogen-bond acceptors (Lipinski definition) is 2. The molecule has 0 radical (unpaired) electrons.